The number of rotatable bonds is 7. The fraction of sp³-hybridized carbons (Fsp3) is 0.650. The standard InChI is InChI=1S/C20H33N3O5S2/c1-14(2)22-29(25,26)18-8-6-7-17(13-18)21-19(24)15-9-11-16(12-10-15)23-30(27,28)20(3,4)5/h6-8,13-16,22-23H,9-12H2,1-5H3,(H,21,24)/t15-,16-. The Morgan fingerprint density at radius 3 is 2.17 bits per heavy atom. The zero-order valence-electron chi connectivity index (χ0n) is 18.2. The topological polar surface area (TPSA) is 121 Å². The highest BCUT2D eigenvalue weighted by atomic mass is 32.2. The second-order valence-corrected chi connectivity index (χ2v) is 13.3. The number of nitrogens with one attached hydrogen (secondary N) is 3. The molecule has 1 aromatic carbocycles. The first-order valence-electron chi connectivity index (χ1n) is 10.2. The van der Waals surface area contributed by atoms with Crippen LogP contribution in [0.1, 0.15) is 60.3 Å². The molecule has 1 aromatic rings. The highest BCUT2D eigenvalue weighted by molar-refractivity contribution is 7.90. The summed E-state index contributed by atoms with van der Waals surface area (Å²) in [6.07, 6.45) is 2.30. The van der Waals surface area contributed by atoms with Crippen LogP contribution in [0.5, 0.6) is 0 Å². The number of amides is 1. The van der Waals surface area contributed by atoms with Crippen LogP contribution in [0, 0.1) is 5.92 Å². The molecule has 0 bridgehead atoms. The first kappa shape index (κ1) is 24.8. The Hall–Kier alpha value is -1.49. The molecule has 8 nitrogen and oxygen atoms in total. The van der Waals surface area contributed by atoms with E-state index in [4.69, 9.17) is 0 Å². The quantitative estimate of drug-likeness (QED) is 0.579. The third-order valence-electron chi connectivity index (χ3n) is 5.03. The van der Waals surface area contributed by atoms with Gasteiger partial charge in [-0.3, -0.25) is 4.79 Å². The van der Waals surface area contributed by atoms with Crippen LogP contribution < -0.4 is 14.8 Å². The lowest BCUT2D eigenvalue weighted by Gasteiger charge is -2.30. The summed E-state index contributed by atoms with van der Waals surface area (Å²) in [5, 5.41) is 2.79. The van der Waals surface area contributed by atoms with Crippen LogP contribution in [0.25, 0.3) is 0 Å². The number of anilines is 1. The highest BCUT2D eigenvalue weighted by Gasteiger charge is 2.34. The van der Waals surface area contributed by atoms with Crippen molar-refractivity contribution in [1.29, 1.82) is 0 Å². The first-order valence-corrected chi connectivity index (χ1v) is 13.1. The average molecular weight is 460 g/mol. The van der Waals surface area contributed by atoms with E-state index in [2.05, 4.69) is 14.8 Å². The summed E-state index contributed by atoms with van der Waals surface area (Å²) >= 11 is 0. The Morgan fingerprint density at radius 1 is 1.03 bits per heavy atom. The van der Waals surface area contributed by atoms with Crippen molar-refractivity contribution in [1.82, 2.24) is 9.44 Å². The Kier molecular flexibility index (Phi) is 7.71. The lowest BCUT2D eigenvalue weighted by atomic mass is 9.86. The molecule has 1 fully saturated rings. The molecule has 1 aliphatic carbocycles. The van der Waals surface area contributed by atoms with Crippen molar-refractivity contribution in [3.8, 4) is 0 Å². The van der Waals surface area contributed by atoms with E-state index in [1.54, 1.807) is 46.8 Å². The first-order chi connectivity index (χ1) is 13.7. The van der Waals surface area contributed by atoms with Gasteiger partial charge in [-0.05, 0) is 78.5 Å². The van der Waals surface area contributed by atoms with Gasteiger partial charge >= 0.3 is 0 Å². The van der Waals surface area contributed by atoms with E-state index in [9.17, 15) is 21.6 Å². The molecule has 0 heterocycles. The van der Waals surface area contributed by atoms with Gasteiger partial charge in [0.15, 0.2) is 0 Å². The van der Waals surface area contributed by atoms with Crippen LogP contribution in [0.2, 0.25) is 0 Å². The van der Waals surface area contributed by atoms with Gasteiger partial charge in [0.05, 0.1) is 9.64 Å². The minimum atomic E-state index is -3.65. The number of hydrogen-bond acceptors (Lipinski definition) is 5. The number of hydrogen-bond donors (Lipinski definition) is 3. The Balaban J connectivity index is 1.97. The monoisotopic (exact) mass is 459 g/mol. The van der Waals surface area contributed by atoms with Crippen molar-refractivity contribution < 1.29 is 21.6 Å². The fourth-order valence-corrected chi connectivity index (χ4v) is 5.56. The molecule has 0 unspecified atom stereocenters. The number of carbonyl (C=O) groups is 1. The minimum absolute atomic E-state index is 0.0919. The predicted molar refractivity (Wildman–Crippen MR) is 118 cm³/mol. The molecule has 0 aromatic heterocycles. The molecule has 0 spiro atoms. The van der Waals surface area contributed by atoms with Gasteiger partial charge in [-0.25, -0.2) is 26.3 Å². The van der Waals surface area contributed by atoms with Crippen molar-refractivity contribution >= 4 is 31.6 Å². The Morgan fingerprint density at radius 2 is 1.63 bits per heavy atom. The third kappa shape index (κ3) is 6.50. The molecule has 10 heteroatoms. The zero-order valence-corrected chi connectivity index (χ0v) is 19.9. The molecule has 3 N–H and O–H groups in total. The summed E-state index contributed by atoms with van der Waals surface area (Å²) in [5.41, 5.74) is 0.419. The number of benzene rings is 1. The van der Waals surface area contributed by atoms with Crippen molar-refractivity contribution in [3.05, 3.63) is 24.3 Å². The number of sulfonamides is 2. The molecule has 1 saturated carbocycles. The highest BCUT2D eigenvalue weighted by Crippen LogP contribution is 2.27. The molecule has 170 valence electrons. The van der Waals surface area contributed by atoms with Crippen LogP contribution in [0.4, 0.5) is 5.69 Å². The van der Waals surface area contributed by atoms with E-state index in [0.29, 0.717) is 31.4 Å². The van der Waals surface area contributed by atoms with E-state index < -0.39 is 24.8 Å². The summed E-state index contributed by atoms with van der Waals surface area (Å²) in [4.78, 5) is 12.7. The molecule has 1 amide bonds. The van der Waals surface area contributed by atoms with E-state index in [1.165, 1.54) is 12.1 Å². The maximum Gasteiger partial charge on any atom is 0.240 e. The van der Waals surface area contributed by atoms with Crippen molar-refractivity contribution in [2.75, 3.05) is 5.32 Å². The molecule has 0 atom stereocenters. The van der Waals surface area contributed by atoms with Gasteiger partial charge in [0.1, 0.15) is 0 Å². The van der Waals surface area contributed by atoms with Gasteiger partial charge in [0.25, 0.3) is 0 Å². The SMILES string of the molecule is CC(C)NS(=O)(=O)c1cccc(NC(=O)[C@H]2CC[C@H](NS(=O)(=O)C(C)(C)C)CC2)c1. The van der Waals surface area contributed by atoms with Crippen molar-refractivity contribution in [3.63, 3.8) is 0 Å². The summed E-state index contributed by atoms with van der Waals surface area (Å²) in [6.45, 7) is 8.43. The molecule has 2 rings (SSSR count). The average Bonchev–Trinajstić information content (AvgIpc) is 2.60. The van der Waals surface area contributed by atoms with Crippen molar-refractivity contribution in [2.45, 2.75) is 82.0 Å². The smallest absolute Gasteiger partial charge is 0.240 e. The van der Waals surface area contributed by atoms with Gasteiger partial charge in [0, 0.05) is 23.7 Å². The van der Waals surface area contributed by atoms with E-state index >= 15 is 0 Å². The zero-order chi connectivity index (χ0) is 22.7. The lowest BCUT2D eigenvalue weighted by molar-refractivity contribution is -0.120. The molecular formula is C20H33N3O5S2. The van der Waals surface area contributed by atoms with Crippen LogP contribution in [0.15, 0.2) is 29.2 Å². The van der Waals surface area contributed by atoms with E-state index in [0.717, 1.165) is 0 Å². The maximum absolute atomic E-state index is 12.6. The predicted octanol–water partition coefficient (Wildman–Crippen LogP) is 2.59. The van der Waals surface area contributed by atoms with Gasteiger partial charge in [0.2, 0.25) is 26.0 Å². The summed E-state index contributed by atoms with van der Waals surface area (Å²) in [5.74, 6) is -0.423. The lowest BCUT2D eigenvalue weighted by Crippen LogP contribution is -2.46. The summed E-state index contributed by atoms with van der Waals surface area (Å²) in [7, 11) is -7.07. The van der Waals surface area contributed by atoms with Gasteiger partial charge in [-0.1, -0.05) is 6.07 Å². The van der Waals surface area contributed by atoms with Gasteiger partial charge in [-0.15, -0.1) is 0 Å². The summed E-state index contributed by atoms with van der Waals surface area (Å²) < 4.78 is 53.7. The molecular weight excluding hydrogens is 426 g/mol. The van der Waals surface area contributed by atoms with Crippen LogP contribution >= 0.6 is 0 Å². The molecule has 0 radical (unpaired) electrons. The number of carbonyl (C=O) groups excluding carboxylic acids is 1. The molecule has 0 aliphatic heterocycles. The largest absolute Gasteiger partial charge is 0.326 e. The summed E-state index contributed by atoms with van der Waals surface area (Å²) in [6, 6.07) is 5.74. The maximum atomic E-state index is 12.6. The molecule has 0 saturated heterocycles. The molecule has 30 heavy (non-hydrogen) atoms. The molecule has 1 aliphatic rings. The Labute approximate surface area is 180 Å². The fourth-order valence-electron chi connectivity index (χ4n) is 3.23. The minimum Gasteiger partial charge on any atom is -0.326 e. The van der Waals surface area contributed by atoms with Crippen molar-refractivity contribution in [2.24, 2.45) is 5.92 Å². The van der Waals surface area contributed by atoms with E-state index in [1.807, 2.05) is 0 Å². The van der Waals surface area contributed by atoms with Crippen LogP contribution in [-0.4, -0.2) is 39.6 Å². The van der Waals surface area contributed by atoms with Crippen LogP contribution in [0.3, 0.4) is 0 Å². The van der Waals surface area contributed by atoms with Gasteiger partial charge in [-0.2, -0.15) is 0 Å². The van der Waals surface area contributed by atoms with Gasteiger partial charge < -0.3 is 5.32 Å². The second-order valence-electron chi connectivity index (χ2n) is 9.08. The third-order valence-corrected chi connectivity index (χ3v) is 8.94. The van der Waals surface area contributed by atoms with Crippen LogP contribution in [-0.2, 0) is 24.8 Å². The normalized spacial score (nSPS) is 20.9. The Bertz CT molecular complexity index is 958. The second kappa shape index (κ2) is 9.33. The van der Waals surface area contributed by atoms with E-state index in [-0.39, 0.29) is 28.8 Å².